The van der Waals surface area contributed by atoms with Crippen LogP contribution in [0.2, 0.25) is 10.0 Å². The highest BCUT2D eigenvalue weighted by molar-refractivity contribution is 6.35. The van der Waals surface area contributed by atoms with Crippen molar-refractivity contribution in [1.29, 1.82) is 0 Å². The van der Waals surface area contributed by atoms with Crippen molar-refractivity contribution < 1.29 is 9.59 Å². The molecule has 1 saturated heterocycles. The number of imidazole rings is 1. The Bertz CT molecular complexity index is 1180. The van der Waals surface area contributed by atoms with Crippen LogP contribution in [0.15, 0.2) is 61.1 Å². The summed E-state index contributed by atoms with van der Waals surface area (Å²) in [5.41, 5.74) is 2.81. The van der Waals surface area contributed by atoms with Gasteiger partial charge in [-0.05, 0) is 36.1 Å². The van der Waals surface area contributed by atoms with Crippen LogP contribution >= 0.6 is 23.2 Å². The van der Waals surface area contributed by atoms with E-state index >= 15 is 0 Å². The summed E-state index contributed by atoms with van der Waals surface area (Å²) >= 11 is 12.5. The summed E-state index contributed by atoms with van der Waals surface area (Å²) in [5.74, 6) is -0.273. The minimum absolute atomic E-state index is 0.0431. The lowest BCUT2D eigenvalue weighted by Crippen LogP contribution is -2.64. The lowest BCUT2D eigenvalue weighted by Gasteiger charge is -2.52. The van der Waals surface area contributed by atoms with Crippen molar-refractivity contribution >= 4 is 35.0 Å². The van der Waals surface area contributed by atoms with E-state index in [1.165, 1.54) is 12.0 Å². The van der Waals surface area contributed by atoms with Crippen LogP contribution in [0.25, 0.3) is 0 Å². The first-order valence-corrected chi connectivity index (χ1v) is 13.7. The third kappa shape index (κ3) is 6.93. The molecule has 0 bridgehead atoms. The number of hydrogen-bond donors (Lipinski definition) is 2. The van der Waals surface area contributed by atoms with Crippen LogP contribution in [0, 0.1) is 0 Å². The average Bonchev–Trinajstić information content (AvgIpc) is 3.39. The van der Waals surface area contributed by atoms with E-state index in [2.05, 4.69) is 46.5 Å². The Morgan fingerprint density at radius 1 is 1.14 bits per heavy atom. The number of benzene rings is 2. The number of aryl methyl sites for hydroxylation is 1. The molecule has 196 valence electrons. The van der Waals surface area contributed by atoms with Gasteiger partial charge in [-0.15, -0.1) is 0 Å². The van der Waals surface area contributed by atoms with Gasteiger partial charge < -0.3 is 15.2 Å². The van der Waals surface area contributed by atoms with E-state index in [-0.39, 0.29) is 23.7 Å². The minimum Gasteiger partial charge on any atom is -0.351 e. The summed E-state index contributed by atoms with van der Waals surface area (Å²) in [6, 6.07) is 15.0. The van der Waals surface area contributed by atoms with Gasteiger partial charge in [-0.2, -0.15) is 0 Å². The minimum atomic E-state index is -0.713. The van der Waals surface area contributed by atoms with Gasteiger partial charge in [-0.1, -0.05) is 85.8 Å². The van der Waals surface area contributed by atoms with Crippen molar-refractivity contribution in [2.45, 2.75) is 63.3 Å². The van der Waals surface area contributed by atoms with Crippen LogP contribution < -0.4 is 5.32 Å². The summed E-state index contributed by atoms with van der Waals surface area (Å²) in [6.45, 7) is 3.49. The van der Waals surface area contributed by atoms with Gasteiger partial charge in [0.1, 0.15) is 6.04 Å². The van der Waals surface area contributed by atoms with E-state index in [9.17, 15) is 9.59 Å². The number of unbranched alkanes of at least 4 members (excludes halogenated alkanes) is 2. The fourth-order valence-electron chi connectivity index (χ4n) is 5.09. The molecule has 1 aliphatic rings. The van der Waals surface area contributed by atoms with Gasteiger partial charge in [0.2, 0.25) is 11.8 Å². The molecule has 1 atom stereocenters. The second kappa shape index (κ2) is 12.6. The standard InChI is InChI=1S/C29H34Cl2N4O2/c1-2-3-7-14-29(22-8-5-4-6-9-22)18-35(19-29)28(37)26(15-21-10-11-23(30)16-25(21)31)34-27(36)13-12-24-17-32-20-33-24/h4-6,8-11,16-17,20,26H,2-3,7,12-15,18-19H2,1H3,(H,32,33)(H,34,36). The van der Waals surface area contributed by atoms with Gasteiger partial charge in [0.25, 0.3) is 0 Å². The molecule has 0 aliphatic carbocycles. The Morgan fingerprint density at radius 3 is 2.59 bits per heavy atom. The van der Waals surface area contributed by atoms with Gasteiger partial charge in [0, 0.05) is 47.6 Å². The molecule has 0 saturated carbocycles. The third-order valence-electron chi connectivity index (χ3n) is 7.18. The van der Waals surface area contributed by atoms with E-state index < -0.39 is 6.04 Å². The maximum absolute atomic E-state index is 13.8. The molecule has 3 aromatic rings. The first-order valence-electron chi connectivity index (χ1n) is 13.0. The highest BCUT2D eigenvalue weighted by Crippen LogP contribution is 2.40. The zero-order valence-electron chi connectivity index (χ0n) is 21.2. The van der Waals surface area contributed by atoms with Gasteiger partial charge in [0.05, 0.1) is 12.0 Å². The normalized spacial score (nSPS) is 15.2. The second-order valence-corrected chi connectivity index (χ2v) is 10.8. The van der Waals surface area contributed by atoms with Crippen LogP contribution in [0.5, 0.6) is 0 Å². The Hall–Kier alpha value is -2.83. The first kappa shape index (κ1) is 27.2. The zero-order valence-corrected chi connectivity index (χ0v) is 22.7. The van der Waals surface area contributed by atoms with Crippen molar-refractivity contribution in [1.82, 2.24) is 20.2 Å². The first-order chi connectivity index (χ1) is 17.9. The molecular weight excluding hydrogens is 507 g/mol. The Morgan fingerprint density at radius 2 is 1.92 bits per heavy atom. The number of rotatable bonds is 12. The monoisotopic (exact) mass is 540 g/mol. The maximum Gasteiger partial charge on any atom is 0.245 e. The Kier molecular flexibility index (Phi) is 9.28. The number of halogens is 2. The van der Waals surface area contributed by atoms with Crippen LogP contribution in [0.1, 0.15) is 55.8 Å². The fourth-order valence-corrected chi connectivity index (χ4v) is 5.58. The number of H-pyrrole nitrogens is 1. The molecule has 1 fully saturated rings. The number of amides is 2. The molecule has 8 heteroatoms. The number of carbonyl (C=O) groups is 2. The van der Waals surface area contributed by atoms with E-state index in [0.29, 0.717) is 36.0 Å². The van der Waals surface area contributed by atoms with E-state index in [4.69, 9.17) is 23.2 Å². The SMILES string of the molecule is CCCCCC1(c2ccccc2)CN(C(=O)C(Cc2ccc(Cl)cc2Cl)NC(=O)CCc2c[nH]cn2)C1. The van der Waals surface area contributed by atoms with Crippen molar-refractivity contribution in [3.63, 3.8) is 0 Å². The van der Waals surface area contributed by atoms with Crippen molar-refractivity contribution in [3.05, 3.63) is 87.9 Å². The van der Waals surface area contributed by atoms with Crippen molar-refractivity contribution in [3.8, 4) is 0 Å². The molecule has 1 aromatic heterocycles. The van der Waals surface area contributed by atoms with Crippen LogP contribution in [-0.4, -0.2) is 45.8 Å². The summed E-state index contributed by atoms with van der Waals surface area (Å²) in [5, 5.41) is 3.99. The quantitative estimate of drug-likeness (QED) is 0.287. The summed E-state index contributed by atoms with van der Waals surface area (Å²) in [7, 11) is 0. The highest BCUT2D eigenvalue weighted by Gasteiger charge is 2.47. The van der Waals surface area contributed by atoms with Crippen molar-refractivity contribution in [2.24, 2.45) is 0 Å². The lowest BCUT2D eigenvalue weighted by atomic mass is 9.70. The van der Waals surface area contributed by atoms with E-state index in [1.54, 1.807) is 24.7 Å². The number of aromatic nitrogens is 2. The van der Waals surface area contributed by atoms with Crippen molar-refractivity contribution in [2.75, 3.05) is 13.1 Å². The molecule has 2 aromatic carbocycles. The van der Waals surface area contributed by atoms with Crippen LogP contribution in [0.3, 0.4) is 0 Å². The number of hydrogen-bond acceptors (Lipinski definition) is 3. The molecule has 37 heavy (non-hydrogen) atoms. The van der Waals surface area contributed by atoms with Crippen LogP contribution in [-0.2, 0) is 27.8 Å². The average molecular weight is 542 g/mol. The molecule has 0 spiro atoms. The molecule has 0 radical (unpaired) electrons. The molecule has 2 N–H and O–H groups in total. The summed E-state index contributed by atoms with van der Waals surface area (Å²) in [4.78, 5) is 35.6. The summed E-state index contributed by atoms with van der Waals surface area (Å²) < 4.78 is 0. The molecule has 6 nitrogen and oxygen atoms in total. The van der Waals surface area contributed by atoms with E-state index in [0.717, 1.165) is 30.5 Å². The number of nitrogens with one attached hydrogen (secondary N) is 2. The molecular formula is C29H34Cl2N4O2. The zero-order chi connectivity index (χ0) is 26.3. The highest BCUT2D eigenvalue weighted by atomic mass is 35.5. The lowest BCUT2D eigenvalue weighted by molar-refractivity contribution is -0.143. The molecule has 1 unspecified atom stereocenters. The molecule has 2 amide bonds. The van der Waals surface area contributed by atoms with Gasteiger partial charge >= 0.3 is 0 Å². The largest absolute Gasteiger partial charge is 0.351 e. The van der Waals surface area contributed by atoms with Gasteiger partial charge in [-0.25, -0.2) is 4.98 Å². The number of nitrogens with zero attached hydrogens (tertiary/aromatic N) is 2. The number of likely N-dealkylation sites (tertiary alicyclic amines) is 1. The Balaban J connectivity index is 1.48. The third-order valence-corrected chi connectivity index (χ3v) is 7.77. The topological polar surface area (TPSA) is 78.1 Å². The predicted molar refractivity (Wildman–Crippen MR) is 148 cm³/mol. The van der Waals surface area contributed by atoms with Crippen LogP contribution in [0.4, 0.5) is 0 Å². The number of carbonyl (C=O) groups excluding carboxylic acids is 2. The fraction of sp³-hybridized carbons (Fsp3) is 0.414. The maximum atomic E-state index is 13.8. The van der Waals surface area contributed by atoms with Gasteiger partial charge in [-0.3, -0.25) is 9.59 Å². The summed E-state index contributed by atoms with van der Waals surface area (Å²) in [6.07, 6.45) is 8.89. The van der Waals surface area contributed by atoms with E-state index in [1.807, 2.05) is 17.0 Å². The second-order valence-electron chi connectivity index (χ2n) is 9.92. The Labute approximate surface area is 228 Å². The smallest absolute Gasteiger partial charge is 0.245 e. The molecule has 2 heterocycles. The molecule has 1 aliphatic heterocycles. The number of aromatic amines is 1. The molecule has 4 rings (SSSR count). The predicted octanol–water partition coefficient (Wildman–Crippen LogP) is 5.74. The van der Waals surface area contributed by atoms with Gasteiger partial charge in [0.15, 0.2) is 0 Å².